The second-order valence-corrected chi connectivity index (χ2v) is 7.02. The van der Waals surface area contributed by atoms with Crippen LogP contribution in [0.5, 0.6) is 11.5 Å². The molecule has 2 rings (SSSR count). The van der Waals surface area contributed by atoms with E-state index < -0.39 is 0 Å². The van der Waals surface area contributed by atoms with Crippen molar-refractivity contribution >= 4 is 29.0 Å². The summed E-state index contributed by atoms with van der Waals surface area (Å²) < 4.78 is 12.1. The summed E-state index contributed by atoms with van der Waals surface area (Å²) in [5.74, 6) is 2.10. The summed E-state index contributed by atoms with van der Waals surface area (Å²) in [5.41, 5.74) is 0.578. The van der Waals surface area contributed by atoms with E-state index >= 15 is 0 Å². The molecule has 0 unspecified atom stereocenters. The number of aromatic nitrogens is 1. The van der Waals surface area contributed by atoms with Gasteiger partial charge in [0.15, 0.2) is 11.5 Å². The van der Waals surface area contributed by atoms with E-state index in [4.69, 9.17) is 9.47 Å². The van der Waals surface area contributed by atoms with Gasteiger partial charge in [0.2, 0.25) is 0 Å². The van der Waals surface area contributed by atoms with Crippen molar-refractivity contribution < 1.29 is 14.3 Å². The second kappa shape index (κ2) is 10.2. The molecule has 1 aromatic carbocycles. The molecule has 1 amide bonds. The van der Waals surface area contributed by atoms with Gasteiger partial charge in [-0.25, -0.2) is 4.98 Å². The van der Waals surface area contributed by atoms with Crippen LogP contribution in [0.4, 0.5) is 0 Å². The number of hydrogen-bond acceptors (Lipinski definition) is 6. The largest absolute Gasteiger partial charge is 0.490 e. The summed E-state index contributed by atoms with van der Waals surface area (Å²) in [6, 6.07) is 5.27. The molecule has 130 valence electrons. The van der Waals surface area contributed by atoms with E-state index in [1.165, 1.54) is 0 Å². The zero-order valence-electron chi connectivity index (χ0n) is 13.9. The first-order chi connectivity index (χ1) is 11.7. The highest BCUT2D eigenvalue weighted by Crippen LogP contribution is 2.28. The Kier molecular flexibility index (Phi) is 7.91. The van der Waals surface area contributed by atoms with E-state index in [1.54, 1.807) is 47.5 Å². The number of amides is 1. The van der Waals surface area contributed by atoms with Gasteiger partial charge in [-0.05, 0) is 38.5 Å². The molecule has 0 atom stereocenters. The van der Waals surface area contributed by atoms with Gasteiger partial charge in [0.05, 0.1) is 13.2 Å². The Labute approximate surface area is 150 Å². The normalized spacial score (nSPS) is 10.4. The molecule has 0 spiro atoms. The Morgan fingerprint density at radius 2 is 2.04 bits per heavy atom. The Morgan fingerprint density at radius 3 is 2.75 bits per heavy atom. The fourth-order valence-electron chi connectivity index (χ4n) is 2.01. The Morgan fingerprint density at radius 1 is 1.25 bits per heavy atom. The molecule has 0 aliphatic rings. The number of nitrogens with zero attached hydrogens (tertiary/aromatic N) is 1. The predicted octanol–water partition coefficient (Wildman–Crippen LogP) is 3.85. The lowest BCUT2D eigenvalue weighted by atomic mass is 10.2. The molecule has 1 heterocycles. The van der Waals surface area contributed by atoms with Crippen LogP contribution in [0.2, 0.25) is 0 Å². The van der Waals surface area contributed by atoms with Gasteiger partial charge in [-0.2, -0.15) is 0 Å². The molecular formula is C17H22N2O3S2. The van der Waals surface area contributed by atoms with Crippen LogP contribution in [0.1, 0.15) is 30.6 Å². The molecule has 0 saturated heterocycles. The standard InChI is InChI=1S/C17H22N2O3S2/c1-3-21-14-7-6-13(12-15(14)22-4-2)16(20)18-8-5-10-23-17-19-9-11-24-17/h6-7,9,11-12H,3-5,8,10H2,1-2H3,(H,18,20). The van der Waals surface area contributed by atoms with Gasteiger partial charge >= 0.3 is 0 Å². The van der Waals surface area contributed by atoms with Crippen LogP contribution < -0.4 is 14.8 Å². The van der Waals surface area contributed by atoms with Crippen molar-refractivity contribution in [3.63, 3.8) is 0 Å². The van der Waals surface area contributed by atoms with E-state index in [0.29, 0.717) is 36.8 Å². The molecule has 2 aromatic rings. The number of rotatable bonds is 10. The highest BCUT2D eigenvalue weighted by Gasteiger charge is 2.11. The van der Waals surface area contributed by atoms with Gasteiger partial charge < -0.3 is 14.8 Å². The second-order valence-electron chi connectivity index (χ2n) is 4.78. The summed E-state index contributed by atoms with van der Waals surface area (Å²) >= 11 is 3.34. The zero-order valence-corrected chi connectivity index (χ0v) is 15.5. The number of carbonyl (C=O) groups is 1. The first-order valence-corrected chi connectivity index (χ1v) is 9.81. The molecule has 1 N–H and O–H groups in total. The number of thioether (sulfide) groups is 1. The fraction of sp³-hybridized carbons (Fsp3) is 0.412. The summed E-state index contributed by atoms with van der Waals surface area (Å²) in [6.07, 6.45) is 2.70. The van der Waals surface area contributed by atoms with Crippen molar-refractivity contribution in [2.45, 2.75) is 24.6 Å². The summed E-state index contributed by atoms with van der Waals surface area (Å²) in [7, 11) is 0. The molecule has 0 aliphatic carbocycles. The summed E-state index contributed by atoms with van der Waals surface area (Å²) in [4.78, 5) is 16.5. The van der Waals surface area contributed by atoms with Gasteiger partial charge in [-0.1, -0.05) is 11.8 Å². The minimum Gasteiger partial charge on any atom is -0.490 e. The molecule has 0 saturated carbocycles. The van der Waals surface area contributed by atoms with Gasteiger partial charge in [0.1, 0.15) is 4.34 Å². The van der Waals surface area contributed by atoms with Crippen molar-refractivity contribution in [3.8, 4) is 11.5 Å². The number of benzene rings is 1. The van der Waals surface area contributed by atoms with Crippen LogP contribution in [0.25, 0.3) is 0 Å². The Bertz CT molecular complexity index is 633. The average Bonchev–Trinajstić information content (AvgIpc) is 3.10. The average molecular weight is 367 g/mol. The first-order valence-electron chi connectivity index (χ1n) is 7.94. The van der Waals surface area contributed by atoms with Crippen molar-refractivity contribution in [2.24, 2.45) is 0 Å². The SMILES string of the molecule is CCOc1ccc(C(=O)NCCCSc2nccs2)cc1OCC. The molecule has 7 heteroatoms. The highest BCUT2D eigenvalue weighted by atomic mass is 32.2. The van der Waals surface area contributed by atoms with Gasteiger partial charge in [0, 0.05) is 29.4 Å². The van der Waals surface area contributed by atoms with Crippen LogP contribution in [0.15, 0.2) is 34.1 Å². The lowest BCUT2D eigenvalue weighted by molar-refractivity contribution is 0.0953. The summed E-state index contributed by atoms with van der Waals surface area (Å²) in [6.45, 7) is 5.54. The molecule has 0 radical (unpaired) electrons. The minimum atomic E-state index is -0.0988. The topological polar surface area (TPSA) is 60.5 Å². The number of nitrogens with one attached hydrogen (secondary N) is 1. The fourth-order valence-corrected chi connectivity index (χ4v) is 3.66. The monoisotopic (exact) mass is 366 g/mol. The van der Waals surface area contributed by atoms with Gasteiger partial charge in [-0.15, -0.1) is 11.3 Å². The third-order valence-electron chi connectivity index (χ3n) is 3.05. The molecule has 1 aromatic heterocycles. The zero-order chi connectivity index (χ0) is 17.2. The van der Waals surface area contributed by atoms with Crippen LogP contribution in [0.3, 0.4) is 0 Å². The van der Waals surface area contributed by atoms with E-state index in [1.807, 2.05) is 19.2 Å². The van der Waals surface area contributed by atoms with Crippen LogP contribution in [0, 0.1) is 0 Å². The number of thiazole rings is 1. The lowest BCUT2D eigenvalue weighted by Crippen LogP contribution is -2.24. The summed E-state index contributed by atoms with van der Waals surface area (Å²) in [5, 5.41) is 4.90. The maximum absolute atomic E-state index is 12.2. The predicted molar refractivity (Wildman–Crippen MR) is 98.6 cm³/mol. The maximum Gasteiger partial charge on any atom is 0.251 e. The molecule has 0 bridgehead atoms. The van der Waals surface area contributed by atoms with Gasteiger partial charge in [-0.3, -0.25) is 4.79 Å². The number of hydrogen-bond donors (Lipinski definition) is 1. The van der Waals surface area contributed by atoms with E-state index in [-0.39, 0.29) is 5.91 Å². The van der Waals surface area contributed by atoms with Crippen LogP contribution in [-0.4, -0.2) is 36.4 Å². The van der Waals surface area contributed by atoms with E-state index in [2.05, 4.69) is 10.3 Å². The third-order valence-corrected chi connectivity index (χ3v) is 5.10. The molecule has 5 nitrogen and oxygen atoms in total. The van der Waals surface area contributed by atoms with Gasteiger partial charge in [0.25, 0.3) is 5.91 Å². The van der Waals surface area contributed by atoms with Crippen molar-refractivity contribution in [3.05, 3.63) is 35.3 Å². The highest BCUT2D eigenvalue weighted by molar-refractivity contribution is 8.00. The van der Waals surface area contributed by atoms with E-state index in [9.17, 15) is 4.79 Å². The van der Waals surface area contributed by atoms with Crippen molar-refractivity contribution in [2.75, 3.05) is 25.5 Å². The molecular weight excluding hydrogens is 344 g/mol. The maximum atomic E-state index is 12.2. The number of carbonyl (C=O) groups excluding carboxylic acids is 1. The van der Waals surface area contributed by atoms with Crippen molar-refractivity contribution in [1.29, 1.82) is 0 Å². The van der Waals surface area contributed by atoms with Crippen LogP contribution in [-0.2, 0) is 0 Å². The molecule has 24 heavy (non-hydrogen) atoms. The quantitative estimate of drug-likeness (QED) is 0.511. The third kappa shape index (κ3) is 5.72. The lowest BCUT2D eigenvalue weighted by Gasteiger charge is -2.12. The van der Waals surface area contributed by atoms with Crippen molar-refractivity contribution in [1.82, 2.24) is 10.3 Å². The minimum absolute atomic E-state index is 0.0988. The number of ether oxygens (including phenoxy) is 2. The smallest absolute Gasteiger partial charge is 0.251 e. The Balaban J connectivity index is 1.81. The Hall–Kier alpha value is -1.73. The molecule has 0 aliphatic heterocycles. The molecule has 0 fully saturated rings. The first kappa shape index (κ1) is 18.6. The van der Waals surface area contributed by atoms with Crippen LogP contribution >= 0.6 is 23.1 Å². The van der Waals surface area contributed by atoms with E-state index in [0.717, 1.165) is 16.5 Å².